The Hall–Kier alpha value is -0.730. The first-order valence-corrected chi connectivity index (χ1v) is 8.31. The van der Waals surface area contributed by atoms with Crippen LogP contribution in [0.15, 0.2) is 0 Å². The summed E-state index contributed by atoms with van der Waals surface area (Å²) in [6.45, 7) is 5.27. The van der Waals surface area contributed by atoms with Crippen molar-refractivity contribution in [1.82, 2.24) is 9.80 Å². The van der Waals surface area contributed by atoms with Crippen molar-refractivity contribution in [3.63, 3.8) is 0 Å². The first kappa shape index (κ1) is 13.3. The number of piperidine rings is 2. The Kier molecular flexibility index (Phi) is 3.99. The third kappa shape index (κ3) is 2.75. The fraction of sp³-hybridized carbons (Fsp3) is 0.938. The van der Waals surface area contributed by atoms with Crippen LogP contribution in [-0.2, 0) is 0 Å². The molecule has 2 amide bonds. The van der Waals surface area contributed by atoms with Crippen molar-refractivity contribution in [3.05, 3.63) is 0 Å². The van der Waals surface area contributed by atoms with Gasteiger partial charge in [-0.15, -0.1) is 0 Å². The molecule has 2 heterocycles. The van der Waals surface area contributed by atoms with Gasteiger partial charge in [-0.1, -0.05) is 19.8 Å². The van der Waals surface area contributed by atoms with E-state index < -0.39 is 0 Å². The number of amides is 2. The van der Waals surface area contributed by atoms with E-state index in [1.165, 1.54) is 51.4 Å². The molecule has 0 N–H and O–H groups in total. The predicted molar refractivity (Wildman–Crippen MR) is 77.1 cm³/mol. The molecule has 1 saturated carbocycles. The molecule has 0 aromatic rings. The highest BCUT2D eigenvalue weighted by Gasteiger charge is 2.37. The summed E-state index contributed by atoms with van der Waals surface area (Å²) < 4.78 is 0. The number of carbonyl (C=O) groups excluding carboxylic acids is 1. The summed E-state index contributed by atoms with van der Waals surface area (Å²) in [5, 5.41) is 0. The van der Waals surface area contributed by atoms with Crippen LogP contribution in [0, 0.1) is 11.8 Å². The first-order valence-electron chi connectivity index (χ1n) is 8.31. The smallest absolute Gasteiger partial charge is 0.320 e. The Morgan fingerprint density at radius 2 is 1.58 bits per heavy atom. The van der Waals surface area contributed by atoms with Crippen molar-refractivity contribution in [2.75, 3.05) is 19.6 Å². The largest absolute Gasteiger partial charge is 0.325 e. The zero-order chi connectivity index (χ0) is 13.2. The van der Waals surface area contributed by atoms with Crippen molar-refractivity contribution in [2.24, 2.45) is 11.8 Å². The topological polar surface area (TPSA) is 23.6 Å². The highest BCUT2D eigenvalue weighted by molar-refractivity contribution is 5.75. The molecule has 2 saturated heterocycles. The van der Waals surface area contributed by atoms with Crippen molar-refractivity contribution < 1.29 is 4.79 Å². The van der Waals surface area contributed by atoms with Gasteiger partial charge in [0.2, 0.25) is 0 Å². The number of hydrogen-bond acceptors (Lipinski definition) is 1. The lowest BCUT2D eigenvalue weighted by Gasteiger charge is -2.46. The Balaban J connectivity index is 1.64. The van der Waals surface area contributed by atoms with Gasteiger partial charge in [-0.2, -0.15) is 0 Å². The standard InChI is InChI=1S/C16H28N2O/c1-13-8-11-17(12-9-13)16(19)18-10-4-6-14-5-2-3-7-15(14)18/h13-15H,2-12H2,1H3/t14-,15-/m1/s1. The van der Waals surface area contributed by atoms with E-state index in [-0.39, 0.29) is 0 Å². The summed E-state index contributed by atoms with van der Waals surface area (Å²) >= 11 is 0. The minimum atomic E-state index is 0.350. The van der Waals surface area contributed by atoms with E-state index in [0.717, 1.165) is 31.5 Å². The number of nitrogens with zero attached hydrogens (tertiary/aromatic N) is 2. The number of likely N-dealkylation sites (tertiary alicyclic amines) is 2. The molecule has 3 nitrogen and oxygen atoms in total. The molecule has 19 heavy (non-hydrogen) atoms. The van der Waals surface area contributed by atoms with E-state index >= 15 is 0 Å². The second kappa shape index (κ2) is 5.72. The maximum atomic E-state index is 12.8. The van der Waals surface area contributed by atoms with Crippen molar-refractivity contribution in [2.45, 2.75) is 64.3 Å². The van der Waals surface area contributed by atoms with Crippen LogP contribution in [0.3, 0.4) is 0 Å². The van der Waals surface area contributed by atoms with Gasteiger partial charge >= 0.3 is 6.03 Å². The highest BCUT2D eigenvalue weighted by atomic mass is 16.2. The van der Waals surface area contributed by atoms with Gasteiger partial charge in [-0.3, -0.25) is 0 Å². The molecule has 3 aliphatic rings. The molecule has 2 atom stereocenters. The summed E-state index contributed by atoms with van der Waals surface area (Å²) in [6.07, 6.45) is 10.3. The summed E-state index contributed by atoms with van der Waals surface area (Å²) in [5.74, 6) is 1.60. The number of urea groups is 1. The molecule has 108 valence electrons. The van der Waals surface area contributed by atoms with Gasteiger partial charge in [0.25, 0.3) is 0 Å². The average molecular weight is 264 g/mol. The third-order valence-corrected chi connectivity index (χ3v) is 5.54. The summed E-state index contributed by atoms with van der Waals surface area (Å²) in [7, 11) is 0. The normalized spacial score (nSPS) is 33.1. The van der Waals surface area contributed by atoms with E-state index in [9.17, 15) is 4.79 Å². The lowest BCUT2D eigenvalue weighted by Crippen LogP contribution is -2.55. The number of fused-ring (bicyclic) bond motifs is 1. The second-order valence-corrected chi connectivity index (χ2v) is 6.90. The van der Waals surface area contributed by atoms with Gasteiger partial charge in [0.1, 0.15) is 0 Å². The minimum absolute atomic E-state index is 0.350. The maximum Gasteiger partial charge on any atom is 0.320 e. The fourth-order valence-electron chi connectivity index (χ4n) is 4.24. The molecule has 0 unspecified atom stereocenters. The van der Waals surface area contributed by atoms with Crippen molar-refractivity contribution in [3.8, 4) is 0 Å². The Bertz CT molecular complexity index is 321. The lowest BCUT2D eigenvalue weighted by atomic mass is 9.78. The third-order valence-electron chi connectivity index (χ3n) is 5.54. The van der Waals surface area contributed by atoms with Crippen LogP contribution < -0.4 is 0 Å². The van der Waals surface area contributed by atoms with Gasteiger partial charge in [0.05, 0.1) is 0 Å². The molecule has 2 aliphatic heterocycles. The van der Waals surface area contributed by atoms with Crippen LogP contribution in [0.25, 0.3) is 0 Å². The number of rotatable bonds is 0. The summed E-state index contributed by atoms with van der Waals surface area (Å²) in [4.78, 5) is 17.1. The highest BCUT2D eigenvalue weighted by Crippen LogP contribution is 2.36. The van der Waals surface area contributed by atoms with E-state index in [4.69, 9.17) is 0 Å². The molecule has 0 radical (unpaired) electrons. The Labute approximate surface area is 117 Å². The zero-order valence-corrected chi connectivity index (χ0v) is 12.3. The molecule has 3 fully saturated rings. The van der Waals surface area contributed by atoms with Gasteiger partial charge < -0.3 is 9.80 Å². The molecule has 0 bridgehead atoms. The van der Waals surface area contributed by atoms with Gasteiger partial charge in [-0.05, 0) is 50.4 Å². The first-order chi connectivity index (χ1) is 9.25. The molecular formula is C16H28N2O. The molecule has 0 spiro atoms. The van der Waals surface area contributed by atoms with E-state index in [0.29, 0.717) is 12.1 Å². The Morgan fingerprint density at radius 1 is 0.895 bits per heavy atom. The van der Waals surface area contributed by atoms with Gasteiger partial charge in [-0.25, -0.2) is 4.79 Å². The lowest BCUT2D eigenvalue weighted by molar-refractivity contribution is 0.0585. The molecular weight excluding hydrogens is 236 g/mol. The number of hydrogen-bond donors (Lipinski definition) is 0. The second-order valence-electron chi connectivity index (χ2n) is 6.90. The average Bonchev–Trinajstić information content (AvgIpc) is 2.47. The predicted octanol–water partition coefficient (Wildman–Crippen LogP) is 3.49. The maximum absolute atomic E-state index is 12.8. The van der Waals surface area contributed by atoms with Crippen LogP contribution in [0.2, 0.25) is 0 Å². The van der Waals surface area contributed by atoms with E-state index in [1.807, 2.05) is 0 Å². The van der Waals surface area contributed by atoms with Crippen LogP contribution in [-0.4, -0.2) is 41.5 Å². The molecule has 0 aromatic carbocycles. The monoisotopic (exact) mass is 264 g/mol. The van der Waals surface area contributed by atoms with Crippen LogP contribution in [0.5, 0.6) is 0 Å². The quantitative estimate of drug-likeness (QED) is 0.657. The van der Waals surface area contributed by atoms with Crippen LogP contribution >= 0.6 is 0 Å². The molecule has 3 rings (SSSR count). The molecule has 0 aromatic heterocycles. The van der Waals surface area contributed by atoms with E-state index in [1.54, 1.807) is 0 Å². The van der Waals surface area contributed by atoms with Crippen molar-refractivity contribution >= 4 is 6.03 Å². The number of carbonyl (C=O) groups is 1. The zero-order valence-electron chi connectivity index (χ0n) is 12.3. The fourth-order valence-corrected chi connectivity index (χ4v) is 4.24. The van der Waals surface area contributed by atoms with Crippen molar-refractivity contribution in [1.29, 1.82) is 0 Å². The van der Waals surface area contributed by atoms with Gasteiger partial charge in [0.15, 0.2) is 0 Å². The SMILES string of the molecule is CC1CCN(C(=O)N2CCC[C@H]3CCCC[C@H]32)CC1. The van der Waals surface area contributed by atoms with Gasteiger partial charge in [0, 0.05) is 25.7 Å². The van der Waals surface area contributed by atoms with Crippen LogP contribution in [0.4, 0.5) is 4.79 Å². The van der Waals surface area contributed by atoms with Crippen LogP contribution in [0.1, 0.15) is 58.3 Å². The summed E-state index contributed by atoms with van der Waals surface area (Å²) in [5.41, 5.74) is 0. The molecule has 3 heteroatoms. The Morgan fingerprint density at radius 3 is 2.37 bits per heavy atom. The minimum Gasteiger partial charge on any atom is -0.325 e. The molecule has 1 aliphatic carbocycles. The van der Waals surface area contributed by atoms with E-state index in [2.05, 4.69) is 16.7 Å². The summed E-state index contributed by atoms with van der Waals surface area (Å²) in [6, 6.07) is 0.915.